The van der Waals surface area contributed by atoms with Gasteiger partial charge in [-0.05, 0) is 25.1 Å². The van der Waals surface area contributed by atoms with Crippen LogP contribution in [0.2, 0.25) is 0 Å². The van der Waals surface area contributed by atoms with E-state index in [9.17, 15) is 0 Å². The minimum absolute atomic E-state index is 0.862. The van der Waals surface area contributed by atoms with E-state index in [1.54, 1.807) is 6.26 Å². The van der Waals surface area contributed by atoms with E-state index in [0.29, 0.717) is 0 Å². The van der Waals surface area contributed by atoms with Crippen molar-refractivity contribution in [3.05, 3.63) is 29.7 Å². The van der Waals surface area contributed by atoms with Gasteiger partial charge >= 0.3 is 0 Å². The van der Waals surface area contributed by atoms with E-state index in [4.69, 9.17) is 4.42 Å². The number of fused-ring (bicyclic) bond motifs is 1. The van der Waals surface area contributed by atoms with E-state index in [1.165, 1.54) is 17.7 Å². The fourth-order valence-corrected chi connectivity index (χ4v) is 2.48. The van der Waals surface area contributed by atoms with Crippen molar-refractivity contribution < 1.29 is 4.42 Å². The molecule has 0 bridgehead atoms. The number of hydrogen-bond acceptors (Lipinski definition) is 3. The van der Waals surface area contributed by atoms with Crippen molar-refractivity contribution in [2.24, 2.45) is 0 Å². The fraction of sp³-hybridized carbons (Fsp3) is 0.462. The van der Waals surface area contributed by atoms with Gasteiger partial charge in [0.25, 0.3) is 0 Å². The van der Waals surface area contributed by atoms with Crippen molar-refractivity contribution in [1.29, 1.82) is 0 Å². The molecule has 0 aliphatic carbocycles. The number of furan rings is 1. The zero-order valence-corrected chi connectivity index (χ0v) is 10.1. The number of aromatic amines is 1. The van der Waals surface area contributed by atoms with Gasteiger partial charge in [-0.15, -0.1) is 0 Å². The highest BCUT2D eigenvalue weighted by Gasteiger charge is 2.23. The molecule has 2 aromatic heterocycles. The Balaban J connectivity index is 1.92. The first-order valence-electron chi connectivity index (χ1n) is 6.21. The van der Waals surface area contributed by atoms with Gasteiger partial charge in [-0.2, -0.15) is 5.10 Å². The summed E-state index contributed by atoms with van der Waals surface area (Å²) in [6.07, 6.45) is 3.95. The van der Waals surface area contributed by atoms with Crippen molar-refractivity contribution >= 4 is 0 Å². The van der Waals surface area contributed by atoms with Crippen LogP contribution in [0.25, 0.3) is 11.5 Å². The standard InChI is InChI=1S/C13H17N3O/c1-2-6-16-7-5-11-10(9-16)13(15-14-11)12-4-3-8-17-12/h3-4,8H,2,5-7,9H2,1H3,(H,14,15). The first kappa shape index (κ1) is 10.6. The molecule has 0 saturated heterocycles. The lowest BCUT2D eigenvalue weighted by Gasteiger charge is -2.26. The summed E-state index contributed by atoms with van der Waals surface area (Å²) in [6.45, 7) is 5.48. The summed E-state index contributed by atoms with van der Waals surface area (Å²) in [5, 5.41) is 7.53. The summed E-state index contributed by atoms with van der Waals surface area (Å²) in [5.74, 6) is 0.862. The third-order valence-corrected chi connectivity index (χ3v) is 3.31. The van der Waals surface area contributed by atoms with E-state index in [1.807, 2.05) is 12.1 Å². The second kappa shape index (κ2) is 4.37. The average molecular weight is 231 g/mol. The Hall–Kier alpha value is -1.55. The molecular weight excluding hydrogens is 214 g/mol. The second-order valence-corrected chi connectivity index (χ2v) is 4.53. The number of aromatic nitrogens is 2. The van der Waals surface area contributed by atoms with Crippen LogP contribution in [0.4, 0.5) is 0 Å². The smallest absolute Gasteiger partial charge is 0.154 e. The predicted octanol–water partition coefficient (Wildman–Crippen LogP) is 2.44. The first-order chi connectivity index (χ1) is 8.38. The number of rotatable bonds is 3. The molecule has 4 nitrogen and oxygen atoms in total. The Labute approximate surface area is 101 Å². The quantitative estimate of drug-likeness (QED) is 0.882. The Morgan fingerprint density at radius 2 is 2.47 bits per heavy atom. The van der Waals surface area contributed by atoms with Crippen molar-refractivity contribution in [2.45, 2.75) is 26.3 Å². The van der Waals surface area contributed by atoms with E-state index >= 15 is 0 Å². The molecule has 0 atom stereocenters. The highest BCUT2D eigenvalue weighted by Crippen LogP contribution is 2.28. The fourth-order valence-electron chi connectivity index (χ4n) is 2.48. The summed E-state index contributed by atoms with van der Waals surface area (Å²) in [4.78, 5) is 2.48. The van der Waals surface area contributed by atoms with Gasteiger partial charge in [-0.25, -0.2) is 0 Å². The molecule has 1 N–H and O–H groups in total. The Morgan fingerprint density at radius 1 is 1.53 bits per heavy atom. The normalized spacial score (nSPS) is 16.1. The van der Waals surface area contributed by atoms with Gasteiger partial charge in [-0.1, -0.05) is 6.92 Å². The minimum Gasteiger partial charge on any atom is -0.463 e. The van der Waals surface area contributed by atoms with Crippen LogP contribution < -0.4 is 0 Å². The zero-order valence-electron chi connectivity index (χ0n) is 10.1. The summed E-state index contributed by atoms with van der Waals surface area (Å²) in [5.41, 5.74) is 3.55. The van der Waals surface area contributed by atoms with Crippen molar-refractivity contribution in [1.82, 2.24) is 15.1 Å². The third kappa shape index (κ3) is 1.89. The predicted molar refractivity (Wildman–Crippen MR) is 65.6 cm³/mol. The van der Waals surface area contributed by atoms with Gasteiger partial charge in [-0.3, -0.25) is 10.00 Å². The highest BCUT2D eigenvalue weighted by molar-refractivity contribution is 5.58. The number of hydrogen-bond donors (Lipinski definition) is 1. The molecule has 4 heteroatoms. The van der Waals surface area contributed by atoms with Gasteiger partial charge in [0.1, 0.15) is 5.69 Å². The molecule has 0 fully saturated rings. The Bertz CT molecular complexity index is 487. The molecule has 3 heterocycles. The molecule has 17 heavy (non-hydrogen) atoms. The molecule has 3 rings (SSSR count). The number of nitrogens with zero attached hydrogens (tertiary/aromatic N) is 2. The van der Waals surface area contributed by atoms with Crippen LogP contribution in [0.15, 0.2) is 22.8 Å². The maximum absolute atomic E-state index is 5.44. The number of nitrogens with one attached hydrogen (secondary N) is 1. The van der Waals surface area contributed by atoms with Crippen LogP contribution in [0.3, 0.4) is 0 Å². The van der Waals surface area contributed by atoms with Crippen LogP contribution in [0, 0.1) is 0 Å². The molecule has 0 aromatic carbocycles. The number of H-pyrrole nitrogens is 1. The van der Waals surface area contributed by atoms with E-state index < -0.39 is 0 Å². The van der Waals surface area contributed by atoms with Crippen molar-refractivity contribution in [3.63, 3.8) is 0 Å². The summed E-state index contributed by atoms with van der Waals surface area (Å²) >= 11 is 0. The maximum atomic E-state index is 5.44. The molecule has 1 aliphatic rings. The molecule has 0 spiro atoms. The topological polar surface area (TPSA) is 45.1 Å². The highest BCUT2D eigenvalue weighted by atomic mass is 16.3. The summed E-state index contributed by atoms with van der Waals surface area (Å²) < 4.78 is 5.44. The van der Waals surface area contributed by atoms with Gasteiger partial charge in [0.2, 0.25) is 0 Å². The largest absolute Gasteiger partial charge is 0.463 e. The lowest BCUT2D eigenvalue weighted by atomic mass is 10.0. The molecule has 0 unspecified atom stereocenters. The molecule has 0 radical (unpaired) electrons. The average Bonchev–Trinajstić information content (AvgIpc) is 2.96. The first-order valence-corrected chi connectivity index (χ1v) is 6.21. The van der Waals surface area contributed by atoms with Gasteiger partial charge in [0.05, 0.1) is 6.26 Å². The van der Waals surface area contributed by atoms with Gasteiger partial charge in [0, 0.05) is 30.8 Å². The van der Waals surface area contributed by atoms with Crippen LogP contribution in [-0.4, -0.2) is 28.2 Å². The lowest BCUT2D eigenvalue weighted by molar-refractivity contribution is 0.254. The zero-order chi connectivity index (χ0) is 11.7. The Morgan fingerprint density at radius 3 is 3.24 bits per heavy atom. The SMILES string of the molecule is CCCN1CCc2[nH]nc(-c3ccco3)c2C1. The maximum Gasteiger partial charge on any atom is 0.154 e. The van der Waals surface area contributed by atoms with Crippen LogP contribution in [0.5, 0.6) is 0 Å². The van der Waals surface area contributed by atoms with Crippen LogP contribution >= 0.6 is 0 Å². The lowest BCUT2D eigenvalue weighted by Crippen LogP contribution is -2.30. The van der Waals surface area contributed by atoms with E-state index in [0.717, 1.165) is 37.5 Å². The summed E-state index contributed by atoms with van der Waals surface area (Å²) in [7, 11) is 0. The van der Waals surface area contributed by atoms with Crippen LogP contribution in [0.1, 0.15) is 24.6 Å². The van der Waals surface area contributed by atoms with E-state index in [-0.39, 0.29) is 0 Å². The molecule has 1 aliphatic heterocycles. The molecule has 0 amide bonds. The van der Waals surface area contributed by atoms with Crippen molar-refractivity contribution in [3.8, 4) is 11.5 Å². The molecular formula is C13H17N3O. The summed E-state index contributed by atoms with van der Waals surface area (Å²) in [6, 6.07) is 3.87. The molecule has 0 saturated carbocycles. The third-order valence-electron chi connectivity index (χ3n) is 3.31. The second-order valence-electron chi connectivity index (χ2n) is 4.53. The minimum atomic E-state index is 0.862. The van der Waals surface area contributed by atoms with Crippen LogP contribution in [-0.2, 0) is 13.0 Å². The Kier molecular flexibility index (Phi) is 2.73. The molecule has 90 valence electrons. The van der Waals surface area contributed by atoms with E-state index in [2.05, 4.69) is 22.0 Å². The van der Waals surface area contributed by atoms with Gasteiger partial charge < -0.3 is 4.42 Å². The van der Waals surface area contributed by atoms with Gasteiger partial charge in [0.15, 0.2) is 5.76 Å². The molecule has 2 aromatic rings. The monoisotopic (exact) mass is 231 g/mol. The van der Waals surface area contributed by atoms with Crippen molar-refractivity contribution in [2.75, 3.05) is 13.1 Å².